The highest BCUT2D eigenvalue weighted by Gasteiger charge is 2.18. The van der Waals surface area contributed by atoms with Crippen molar-refractivity contribution >= 4 is 16.9 Å². The Labute approximate surface area is 104 Å². The third kappa shape index (κ3) is 2.56. The van der Waals surface area contributed by atoms with Crippen LogP contribution in [0.2, 0.25) is 0 Å². The van der Waals surface area contributed by atoms with Gasteiger partial charge in [-0.15, -0.1) is 0 Å². The second kappa shape index (κ2) is 4.25. The molecule has 0 amide bonds. The number of carbonyl (C=O) groups is 1. The fraction of sp³-hybridized carbons (Fsp3) is 0.308. The molecule has 0 bridgehead atoms. The van der Waals surface area contributed by atoms with E-state index in [-0.39, 0.29) is 5.82 Å². The van der Waals surface area contributed by atoms with Crippen LogP contribution in [0.15, 0.2) is 24.3 Å². The highest BCUT2D eigenvalue weighted by atomic mass is 16.5. The summed E-state index contributed by atoms with van der Waals surface area (Å²) in [6.45, 7) is 5.64. The number of rotatable bonds is 2. The molecule has 1 N–H and O–H groups in total. The van der Waals surface area contributed by atoms with Crippen LogP contribution in [-0.4, -0.2) is 26.6 Å². The van der Waals surface area contributed by atoms with E-state index in [2.05, 4.69) is 9.97 Å². The molecule has 5 heteroatoms. The molecule has 0 aliphatic rings. The third-order valence-electron chi connectivity index (χ3n) is 2.16. The molecule has 0 atom stereocenters. The van der Waals surface area contributed by atoms with Gasteiger partial charge in [-0.2, -0.15) is 4.98 Å². The van der Waals surface area contributed by atoms with E-state index in [1.165, 1.54) is 0 Å². The molecule has 0 saturated carbocycles. The summed E-state index contributed by atoms with van der Waals surface area (Å²) < 4.78 is 5.69. The van der Waals surface area contributed by atoms with Crippen LogP contribution in [-0.2, 0) is 0 Å². The van der Waals surface area contributed by atoms with E-state index in [0.717, 1.165) is 0 Å². The van der Waals surface area contributed by atoms with Crippen molar-refractivity contribution in [3.8, 4) is 5.88 Å². The summed E-state index contributed by atoms with van der Waals surface area (Å²) in [4.78, 5) is 18.9. The van der Waals surface area contributed by atoms with Gasteiger partial charge in [-0.3, -0.25) is 0 Å². The van der Waals surface area contributed by atoms with Gasteiger partial charge in [0.05, 0.1) is 10.9 Å². The second-order valence-corrected chi connectivity index (χ2v) is 4.89. The number of hydrogen-bond donors (Lipinski definition) is 1. The zero-order valence-corrected chi connectivity index (χ0v) is 10.5. The first-order chi connectivity index (χ1) is 8.37. The lowest BCUT2D eigenvalue weighted by Gasteiger charge is -2.21. The molecule has 2 rings (SSSR count). The summed E-state index contributed by atoms with van der Waals surface area (Å²) in [5, 5.41) is 9.69. The number of aromatic nitrogens is 2. The Morgan fingerprint density at radius 2 is 1.89 bits per heavy atom. The monoisotopic (exact) mass is 246 g/mol. The van der Waals surface area contributed by atoms with E-state index in [1.807, 2.05) is 32.9 Å². The van der Waals surface area contributed by atoms with E-state index in [1.54, 1.807) is 12.1 Å². The standard InChI is InChI=1S/C13H14N2O3/c1-13(2,3)18-11-8-6-4-5-7-9(8)14-10(15-11)12(16)17/h4-7H,1-3H3,(H,16,17). The molecule has 0 unspecified atom stereocenters. The maximum absolute atomic E-state index is 11.0. The van der Waals surface area contributed by atoms with Gasteiger partial charge >= 0.3 is 5.97 Å². The van der Waals surface area contributed by atoms with Gasteiger partial charge in [0, 0.05) is 0 Å². The first kappa shape index (κ1) is 12.3. The quantitative estimate of drug-likeness (QED) is 0.881. The molecule has 94 valence electrons. The van der Waals surface area contributed by atoms with Crippen LogP contribution in [0.25, 0.3) is 10.9 Å². The molecule has 1 aromatic carbocycles. The Kier molecular flexibility index (Phi) is 2.90. The SMILES string of the molecule is CC(C)(C)Oc1nc(C(=O)O)nc2ccccc12. The first-order valence-electron chi connectivity index (χ1n) is 5.56. The second-order valence-electron chi connectivity index (χ2n) is 4.89. The average Bonchev–Trinajstić information content (AvgIpc) is 2.26. The third-order valence-corrected chi connectivity index (χ3v) is 2.16. The predicted molar refractivity (Wildman–Crippen MR) is 66.9 cm³/mol. The molecule has 18 heavy (non-hydrogen) atoms. The molecule has 5 nitrogen and oxygen atoms in total. The molecule has 1 aromatic heterocycles. The van der Waals surface area contributed by atoms with E-state index in [0.29, 0.717) is 16.8 Å². The highest BCUT2D eigenvalue weighted by molar-refractivity contribution is 5.89. The molecule has 1 heterocycles. The van der Waals surface area contributed by atoms with Crippen molar-refractivity contribution in [2.24, 2.45) is 0 Å². The van der Waals surface area contributed by atoms with Crippen molar-refractivity contribution in [1.82, 2.24) is 9.97 Å². The minimum atomic E-state index is -1.17. The number of carboxylic acids is 1. The number of carboxylic acid groups (broad SMARTS) is 1. The largest absolute Gasteiger partial charge is 0.475 e. The Hall–Kier alpha value is -2.17. The van der Waals surface area contributed by atoms with Crippen molar-refractivity contribution in [2.75, 3.05) is 0 Å². The molecule has 0 aliphatic carbocycles. The number of para-hydroxylation sites is 1. The number of ether oxygens (including phenoxy) is 1. The fourth-order valence-corrected chi connectivity index (χ4v) is 1.51. The summed E-state index contributed by atoms with van der Waals surface area (Å²) in [7, 11) is 0. The topological polar surface area (TPSA) is 72.3 Å². The van der Waals surface area contributed by atoms with Crippen LogP contribution in [0, 0.1) is 0 Å². The highest BCUT2D eigenvalue weighted by Crippen LogP contribution is 2.25. The van der Waals surface area contributed by atoms with Gasteiger partial charge in [0.25, 0.3) is 0 Å². The van der Waals surface area contributed by atoms with Crippen molar-refractivity contribution < 1.29 is 14.6 Å². The average molecular weight is 246 g/mol. The van der Waals surface area contributed by atoms with Crippen LogP contribution < -0.4 is 4.74 Å². The molecular weight excluding hydrogens is 232 g/mol. The predicted octanol–water partition coefficient (Wildman–Crippen LogP) is 2.51. The minimum absolute atomic E-state index is 0.257. The summed E-state index contributed by atoms with van der Waals surface area (Å²) in [6, 6.07) is 7.17. The van der Waals surface area contributed by atoms with Gasteiger partial charge in [-0.25, -0.2) is 9.78 Å². The fourth-order valence-electron chi connectivity index (χ4n) is 1.51. The maximum atomic E-state index is 11.0. The molecule has 0 saturated heterocycles. The number of fused-ring (bicyclic) bond motifs is 1. The van der Waals surface area contributed by atoms with E-state index >= 15 is 0 Å². The van der Waals surface area contributed by atoms with Crippen LogP contribution in [0.1, 0.15) is 31.4 Å². The maximum Gasteiger partial charge on any atom is 0.374 e. The van der Waals surface area contributed by atoms with Crippen LogP contribution in [0.4, 0.5) is 0 Å². The van der Waals surface area contributed by atoms with Gasteiger partial charge in [0.15, 0.2) is 0 Å². The normalized spacial score (nSPS) is 11.5. The number of benzene rings is 1. The molecule has 0 aliphatic heterocycles. The number of hydrogen-bond acceptors (Lipinski definition) is 4. The molecule has 2 aromatic rings. The van der Waals surface area contributed by atoms with Crippen LogP contribution in [0.5, 0.6) is 5.88 Å². The van der Waals surface area contributed by atoms with Gasteiger partial charge in [-0.1, -0.05) is 12.1 Å². The zero-order valence-electron chi connectivity index (χ0n) is 10.5. The zero-order chi connectivity index (χ0) is 13.3. The summed E-state index contributed by atoms with van der Waals surface area (Å²) in [6.07, 6.45) is 0. The number of aromatic carboxylic acids is 1. The minimum Gasteiger partial charge on any atom is -0.475 e. The van der Waals surface area contributed by atoms with Crippen molar-refractivity contribution in [1.29, 1.82) is 0 Å². The smallest absolute Gasteiger partial charge is 0.374 e. The lowest BCUT2D eigenvalue weighted by Crippen LogP contribution is -2.24. The number of nitrogens with zero attached hydrogens (tertiary/aromatic N) is 2. The van der Waals surface area contributed by atoms with Gasteiger partial charge in [0.2, 0.25) is 11.7 Å². The summed E-state index contributed by atoms with van der Waals surface area (Å²) in [5.41, 5.74) is 0.108. The molecular formula is C13H14N2O3. The lowest BCUT2D eigenvalue weighted by molar-refractivity contribution is 0.0678. The first-order valence-corrected chi connectivity index (χ1v) is 5.56. The Balaban J connectivity index is 2.64. The van der Waals surface area contributed by atoms with Gasteiger partial charge in [0.1, 0.15) is 5.60 Å². The van der Waals surface area contributed by atoms with E-state index in [9.17, 15) is 4.79 Å². The van der Waals surface area contributed by atoms with Gasteiger partial charge < -0.3 is 9.84 Å². The van der Waals surface area contributed by atoms with E-state index < -0.39 is 11.6 Å². The summed E-state index contributed by atoms with van der Waals surface area (Å²) in [5.74, 6) is -1.13. The van der Waals surface area contributed by atoms with Crippen molar-refractivity contribution in [2.45, 2.75) is 26.4 Å². The Morgan fingerprint density at radius 1 is 1.22 bits per heavy atom. The Bertz CT molecular complexity index is 603. The van der Waals surface area contributed by atoms with Crippen molar-refractivity contribution in [3.63, 3.8) is 0 Å². The van der Waals surface area contributed by atoms with E-state index in [4.69, 9.17) is 9.84 Å². The lowest BCUT2D eigenvalue weighted by atomic mass is 10.2. The molecule has 0 radical (unpaired) electrons. The van der Waals surface area contributed by atoms with Crippen molar-refractivity contribution in [3.05, 3.63) is 30.1 Å². The summed E-state index contributed by atoms with van der Waals surface area (Å²) >= 11 is 0. The van der Waals surface area contributed by atoms with Crippen LogP contribution in [0.3, 0.4) is 0 Å². The Morgan fingerprint density at radius 3 is 2.50 bits per heavy atom. The molecule has 0 spiro atoms. The van der Waals surface area contributed by atoms with Crippen LogP contribution >= 0.6 is 0 Å². The van der Waals surface area contributed by atoms with Gasteiger partial charge in [-0.05, 0) is 32.9 Å². The molecule has 0 fully saturated rings.